The Morgan fingerprint density at radius 2 is 1.86 bits per heavy atom. The van der Waals surface area contributed by atoms with Gasteiger partial charge in [-0.15, -0.1) is 0 Å². The average Bonchev–Trinajstić information content (AvgIpc) is 3.22. The van der Waals surface area contributed by atoms with Crippen LogP contribution >= 0.6 is 0 Å². The molecule has 0 saturated carbocycles. The van der Waals surface area contributed by atoms with Gasteiger partial charge in [-0.25, -0.2) is 9.78 Å². The van der Waals surface area contributed by atoms with Crippen LogP contribution in [0.5, 0.6) is 0 Å². The standard InChI is InChI=1S/C20H25N5O3/c1-28-14-19(26)23-16-5-4-6-17(12-16)24-20(27)22-13-15-7-8-21-18(11-15)25-9-2-3-10-25/h4-8,11-12H,2-3,9-10,13-14H2,1H3,(H,23,26)(H2,22,24,27). The molecule has 2 aromatic rings. The van der Waals surface area contributed by atoms with Gasteiger partial charge in [-0.3, -0.25) is 4.79 Å². The van der Waals surface area contributed by atoms with E-state index in [1.807, 2.05) is 12.1 Å². The van der Waals surface area contributed by atoms with E-state index in [9.17, 15) is 9.59 Å². The molecule has 148 valence electrons. The Morgan fingerprint density at radius 1 is 1.11 bits per heavy atom. The summed E-state index contributed by atoms with van der Waals surface area (Å²) < 4.78 is 4.79. The van der Waals surface area contributed by atoms with Gasteiger partial charge in [0.25, 0.3) is 0 Å². The van der Waals surface area contributed by atoms with Crippen LogP contribution in [-0.4, -0.2) is 43.7 Å². The van der Waals surface area contributed by atoms with Gasteiger partial charge >= 0.3 is 6.03 Å². The van der Waals surface area contributed by atoms with Gasteiger partial charge < -0.3 is 25.6 Å². The zero-order valence-electron chi connectivity index (χ0n) is 15.9. The maximum atomic E-state index is 12.2. The SMILES string of the molecule is COCC(=O)Nc1cccc(NC(=O)NCc2ccnc(N3CCCC3)c2)c1. The number of nitrogens with one attached hydrogen (secondary N) is 3. The van der Waals surface area contributed by atoms with E-state index in [4.69, 9.17) is 4.74 Å². The van der Waals surface area contributed by atoms with E-state index in [0.717, 1.165) is 24.5 Å². The molecule has 0 unspecified atom stereocenters. The molecule has 3 N–H and O–H groups in total. The van der Waals surface area contributed by atoms with Crippen molar-refractivity contribution >= 4 is 29.1 Å². The summed E-state index contributed by atoms with van der Waals surface area (Å²) in [6.45, 7) is 2.44. The zero-order chi connectivity index (χ0) is 19.8. The molecular weight excluding hydrogens is 358 g/mol. The van der Waals surface area contributed by atoms with Gasteiger partial charge in [0.05, 0.1) is 0 Å². The van der Waals surface area contributed by atoms with Gasteiger partial charge in [-0.05, 0) is 48.7 Å². The van der Waals surface area contributed by atoms with Crippen molar-refractivity contribution in [3.8, 4) is 0 Å². The van der Waals surface area contributed by atoms with Crippen molar-refractivity contribution in [2.75, 3.05) is 42.3 Å². The summed E-state index contributed by atoms with van der Waals surface area (Å²) in [5, 5.41) is 8.31. The summed E-state index contributed by atoms with van der Waals surface area (Å²) in [4.78, 5) is 30.5. The van der Waals surface area contributed by atoms with Crippen LogP contribution in [0.4, 0.5) is 22.0 Å². The molecule has 0 aliphatic carbocycles. The van der Waals surface area contributed by atoms with Gasteiger partial charge in [-0.2, -0.15) is 0 Å². The maximum absolute atomic E-state index is 12.2. The highest BCUT2D eigenvalue weighted by Crippen LogP contribution is 2.18. The number of methoxy groups -OCH3 is 1. The second-order valence-electron chi connectivity index (χ2n) is 6.59. The Morgan fingerprint density at radius 3 is 2.61 bits per heavy atom. The molecule has 3 amide bonds. The van der Waals surface area contributed by atoms with Crippen LogP contribution in [0.3, 0.4) is 0 Å². The van der Waals surface area contributed by atoms with Crippen LogP contribution in [-0.2, 0) is 16.1 Å². The number of benzene rings is 1. The summed E-state index contributed by atoms with van der Waals surface area (Å²) >= 11 is 0. The Balaban J connectivity index is 1.52. The number of aromatic nitrogens is 1. The first kappa shape index (κ1) is 19.6. The number of ether oxygens (including phenoxy) is 1. The number of urea groups is 1. The van der Waals surface area contributed by atoms with Crippen molar-refractivity contribution in [1.29, 1.82) is 0 Å². The summed E-state index contributed by atoms with van der Waals surface area (Å²) in [7, 11) is 1.46. The summed E-state index contributed by atoms with van der Waals surface area (Å²) in [6, 6.07) is 10.5. The van der Waals surface area contributed by atoms with E-state index >= 15 is 0 Å². The van der Waals surface area contributed by atoms with E-state index in [-0.39, 0.29) is 18.5 Å². The number of pyridine rings is 1. The first-order valence-electron chi connectivity index (χ1n) is 9.27. The number of hydrogen-bond acceptors (Lipinski definition) is 5. The second-order valence-corrected chi connectivity index (χ2v) is 6.59. The Kier molecular flexibility index (Phi) is 6.80. The number of anilines is 3. The fraction of sp³-hybridized carbons (Fsp3) is 0.350. The first-order valence-corrected chi connectivity index (χ1v) is 9.27. The van der Waals surface area contributed by atoms with Crippen molar-refractivity contribution in [3.63, 3.8) is 0 Å². The zero-order valence-corrected chi connectivity index (χ0v) is 15.9. The monoisotopic (exact) mass is 383 g/mol. The number of carbonyl (C=O) groups is 2. The molecule has 0 spiro atoms. The largest absolute Gasteiger partial charge is 0.375 e. The van der Waals surface area contributed by atoms with Gasteiger partial charge in [0.2, 0.25) is 5.91 Å². The van der Waals surface area contributed by atoms with Crippen LogP contribution < -0.4 is 20.9 Å². The van der Waals surface area contributed by atoms with Crippen molar-refractivity contribution in [2.24, 2.45) is 0 Å². The Labute approximate surface area is 164 Å². The topological polar surface area (TPSA) is 95.6 Å². The van der Waals surface area contributed by atoms with Crippen LogP contribution in [0.25, 0.3) is 0 Å². The molecule has 1 aliphatic heterocycles. The molecule has 8 heteroatoms. The van der Waals surface area contributed by atoms with Gasteiger partial charge in [-0.1, -0.05) is 6.07 Å². The molecule has 3 rings (SSSR count). The highest BCUT2D eigenvalue weighted by atomic mass is 16.5. The molecule has 1 saturated heterocycles. The number of carbonyl (C=O) groups excluding carboxylic acids is 2. The number of amides is 3. The number of rotatable bonds is 7. The van der Waals surface area contributed by atoms with Crippen LogP contribution in [0.2, 0.25) is 0 Å². The van der Waals surface area contributed by atoms with E-state index < -0.39 is 0 Å². The Hall–Kier alpha value is -3.13. The van der Waals surface area contributed by atoms with Crippen LogP contribution in [0.1, 0.15) is 18.4 Å². The smallest absolute Gasteiger partial charge is 0.319 e. The van der Waals surface area contributed by atoms with Crippen molar-refractivity contribution < 1.29 is 14.3 Å². The molecule has 1 fully saturated rings. The molecule has 28 heavy (non-hydrogen) atoms. The summed E-state index contributed by atoms with van der Waals surface area (Å²) in [6.07, 6.45) is 4.16. The van der Waals surface area contributed by atoms with E-state index in [1.165, 1.54) is 20.0 Å². The second kappa shape index (κ2) is 9.70. The lowest BCUT2D eigenvalue weighted by Crippen LogP contribution is -2.28. The minimum Gasteiger partial charge on any atom is -0.375 e. The summed E-state index contributed by atoms with van der Waals surface area (Å²) in [5.41, 5.74) is 2.16. The normalized spacial score (nSPS) is 13.2. The van der Waals surface area contributed by atoms with E-state index in [2.05, 4.69) is 25.8 Å². The maximum Gasteiger partial charge on any atom is 0.319 e. The predicted molar refractivity (Wildman–Crippen MR) is 108 cm³/mol. The van der Waals surface area contributed by atoms with Gasteiger partial charge in [0.15, 0.2) is 0 Å². The van der Waals surface area contributed by atoms with E-state index in [1.54, 1.807) is 30.5 Å². The number of nitrogens with zero attached hydrogens (tertiary/aromatic N) is 2. The molecule has 1 aromatic heterocycles. The lowest BCUT2D eigenvalue weighted by atomic mass is 10.2. The molecule has 0 radical (unpaired) electrons. The minimum atomic E-state index is -0.320. The van der Waals surface area contributed by atoms with Crippen LogP contribution in [0.15, 0.2) is 42.6 Å². The first-order chi connectivity index (χ1) is 13.6. The molecular formula is C20H25N5O3. The molecule has 0 atom stereocenters. The Bertz CT molecular complexity index is 821. The van der Waals surface area contributed by atoms with Gasteiger partial charge in [0, 0.05) is 44.3 Å². The van der Waals surface area contributed by atoms with Crippen molar-refractivity contribution in [3.05, 3.63) is 48.2 Å². The van der Waals surface area contributed by atoms with Crippen LogP contribution in [0, 0.1) is 0 Å². The average molecular weight is 383 g/mol. The number of hydrogen-bond donors (Lipinski definition) is 3. The fourth-order valence-electron chi connectivity index (χ4n) is 3.05. The van der Waals surface area contributed by atoms with Crippen molar-refractivity contribution in [1.82, 2.24) is 10.3 Å². The van der Waals surface area contributed by atoms with Crippen molar-refractivity contribution in [2.45, 2.75) is 19.4 Å². The lowest BCUT2D eigenvalue weighted by molar-refractivity contribution is -0.119. The fourth-order valence-corrected chi connectivity index (χ4v) is 3.05. The third-order valence-corrected chi connectivity index (χ3v) is 4.37. The third kappa shape index (κ3) is 5.68. The molecule has 1 aromatic carbocycles. The molecule has 1 aliphatic rings. The quantitative estimate of drug-likeness (QED) is 0.683. The van der Waals surface area contributed by atoms with Gasteiger partial charge in [0.1, 0.15) is 12.4 Å². The van der Waals surface area contributed by atoms with E-state index in [0.29, 0.717) is 17.9 Å². The molecule has 0 bridgehead atoms. The molecule has 2 heterocycles. The highest BCUT2D eigenvalue weighted by Gasteiger charge is 2.13. The highest BCUT2D eigenvalue weighted by molar-refractivity contribution is 5.94. The predicted octanol–water partition coefficient (Wildman–Crippen LogP) is 2.59. The molecule has 8 nitrogen and oxygen atoms in total. The minimum absolute atomic E-state index is 0.0243. The summed E-state index contributed by atoms with van der Waals surface area (Å²) in [5.74, 6) is 0.701. The lowest BCUT2D eigenvalue weighted by Gasteiger charge is -2.17. The third-order valence-electron chi connectivity index (χ3n) is 4.37.